The Morgan fingerprint density at radius 2 is 2.20 bits per heavy atom. The topological polar surface area (TPSA) is 59.0 Å². The second kappa shape index (κ2) is 6.86. The number of aromatic nitrogens is 2. The zero-order chi connectivity index (χ0) is 10.9. The lowest BCUT2D eigenvalue weighted by molar-refractivity contribution is 0.240. The fourth-order valence-electron chi connectivity index (χ4n) is 1.16. The molecule has 0 aromatic carbocycles. The predicted molar refractivity (Wildman–Crippen MR) is 58.5 cm³/mol. The summed E-state index contributed by atoms with van der Waals surface area (Å²) >= 11 is 0. The van der Waals surface area contributed by atoms with Gasteiger partial charge in [0.05, 0.1) is 6.33 Å². The fraction of sp³-hybridized carbons (Fsp3) is 0.600. The van der Waals surface area contributed by atoms with Crippen molar-refractivity contribution in [3.05, 3.63) is 18.7 Å². The highest BCUT2D eigenvalue weighted by Crippen LogP contribution is 1.84. The molecule has 2 N–H and O–H groups in total. The third-order valence-corrected chi connectivity index (χ3v) is 2.03. The van der Waals surface area contributed by atoms with Crippen LogP contribution in [0.5, 0.6) is 0 Å². The molecule has 0 saturated carbocycles. The SMILES string of the molecule is CCCCNC(=O)NCCn1ccnc1. The predicted octanol–water partition coefficient (Wildman–Crippen LogP) is 0.982. The van der Waals surface area contributed by atoms with Crippen LogP contribution < -0.4 is 10.6 Å². The highest BCUT2D eigenvalue weighted by Gasteiger charge is 1.97. The summed E-state index contributed by atoms with van der Waals surface area (Å²) in [6.45, 7) is 4.21. The number of unbranched alkanes of at least 4 members (excludes halogenated alkanes) is 1. The number of amides is 2. The van der Waals surface area contributed by atoms with Gasteiger partial charge in [-0.25, -0.2) is 9.78 Å². The third kappa shape index (κ3) is 5.05. The van der Waals surface area contributed by atoms with Crippen molar-refractivity contribution in [3.8, 4) is 0 Å². The van der Waals surface area contributed by atoms with Crippen molar-refractivity contribution in [2.75, 3.05) is 13.1 Å². The van der Waals surface area contributed by atoms with Gasteiger partial charge >= 0.3 is 6.03 Å². The Morgan fingerprint density at radius 1 is 1.40 bits per heavy atom. The lowest BCUT2D eigenvalue weighted by Gasteiger charge is -2.07. The largest absolute Gasteiger partial charge is 0.338 e. The molecule has 0 radical (unpaired) electrons. The van der Waals surface area contributed by atoms with E-state index in [2.05, 4.69) is 22.5 Å². The number of carbonyl (C=O) groups is 1. The normalized spacial score (nSPS) is 9.93. The van der Waals surface area contributed by atoms with E-state index in [1.165, 1.54) is 0 Å². The van der Waals surface area contributed by atoms with Crippen LogP contribution in [0.4, 0.5) is 4.79 Å². The van der Waals surface area contributed by atoms with Crippen LogP contribution >= 0.6 is 0 Å². The van der Waals surface area contributed by atoms with E-state index in [0.717, 1.165) is 25.9 Å². The Kier molecular flexibility index (Phi) is 5.29. The van der Waals surface area contributed by atoms with Crippen LogP contribution in [0, 0.1) is 0 Å². The van der Waals surface area contributed by atoms with E-state index in [9.17, 15) is 4.79 Å². The van der Waals surface area contributed by atoms with Gasteiger partial charge in [0.2, 0.25) is 0 Å². The van der Waals surface area contributed by atoms with Crippen molar-refractivity contribution in [1.29, 1.82) is 0 Å². The maximum Gasteiger partial charge on any atom is 0.314 e. The smallest absolute Gasteiger partial charge is 0.314 e. The Hall–Kier alpha value is -1.52. The monoisotopic (exact) mass is 210 g/mol. The molecule has 2 amide bonds. The lowest BCUT2D eigenvalue weighted by atomic mass is 10.3. The molecule has 0 saturated heterocycles. The molecule has 0 spiro atoms. The van der Waals surface area contributed by atoms with Crippen LogP contribution in [0.15, 0.2) is 18.7 Å². The van der Waals surface area contributed by atoms with Crippen molar-refractivity contribution in [2.45, 2.75) is 26.3 Å². The zero-order valence-electron chi connectivity index (χ0n) is 9.07. The molecule has 1 aromatic rings. The summed E-state index contributed by atoms with van der Waals surface area (Å²) in [5.74, 6) is 0. The summed E-state index contributed by atoms with van der Waals surface area (Å²) in [6, 6.07) is -0.0939. The van der Waals surface area contributed by atoms with E-state index in [0.29, 0.717) is 6.54 Å². The molecule has 0 unspecified atom stereocenters. The van der Waals surface area contributed by atoms with Gasteiger partial charge in [0.1, 0.15) is 0 Å². The summed E-state index contributed by atoms with van der Waals surface area (Å²) in [5.41, 5.74) is 0. The summed E-state index contributed by atoms with van der Waals surface area (Å²) < 4.78 is 1.92. The molecule has 5 nitrogen and oxygen atoms in total. The number of rotatable bonds is 6. The standard InChI is InChI=1S/C10H18N4O/c1-2-3-4-12-10(15)13-6-8-14-7-5-11-9-14/h5,7,9H,2-4,6,8H2,1H3,(H2,12,13,15). The number of hydrogen-bond donors (Lipinski definition) is 2. The van der Waals surface area contributed by atoms with E-state index < -0.39 is 0 Å². The minimum absolute atomic E-state index is 0.0939. The average Bonchev–Trinajstić information content (AvgIpc) is 2.71. The number of urea groups is 1. The third-order valence-electron chi connectivity index (χ3n) is 2.03. The summed E-state index contributed by atoms with van der Waals surface area (Å²) in [5, 5.41) is 5.57. The lowest BCUT2D eigenvalue weighted by Crippen LogP contribution is -2.37. The summed E-state index contributed by atoms with van der Waals surface area (Å²) in [4.78, 5) is 15.1. The number of imidazole rings is 1. The van der Waals surface area contributed by atoms with Gasteiger partial charge in [-0.2, -0.15) is 0 Å². The van der Waals surface area contributed by atoms with Gasteiger partial charge in [-0.15, -0.1) is 0 Å². The van der Waals surface area contributed by atoms with Crippen molar-refractivity contribution in [2.24, 2.45) is 0 Å². The molecule has 5 heteroatoms. The molecule has 0 atom stereocenters. The van der Waals surface area contributed by atoms with Gasteiger partial charge in [0.25, 0.3) is 0 Å². The maximum absolute atomic E-state index is 11.2. The maximum atomic E-state index is 11.2. The van der Waals surface area contributed by atoms with Crippen molar-refractivity contribution < 1.29 is 4.79 Å². The van der Waals surface area contributed by atoms with Crippen LogP contribution in [-0.2, 0) is 6.54 Å². The second-order valence-corrected chi connectivity index (χ2v) is 3.34. The number of carbonyl (C=O) groups excluding carboxylic acids is 1. The molecular weight excluding hydrogens is 192 g/mol. The molecule has 84 valence electrons. The molecule has 0 bridgehead atoms. The molecule has 15 heavy (non-hydrogen) atoms. The van der Waals surface area contributed by atoms with Crippen molar-refractivity contribution in [3.63, 3.8) is 0 Å². The quantitative estimate of drug-likeness (QED) is 0.688. The fourth-order valence-corrected chi connectivity index (χ4v) is 1.16. The Morgan fingerprint density at radius 3 is 2.87 bits per heavy atom. The Balaban J connectivity index is 2.02. The number of hydrogen-bond acceptors (Lipinski definition) is 2. The molecule has 0 aliphatic carbocycles. The van der Waals surface area contributed by atoms with Gasteiger partial charge in [-0.05, 0) is 6.42 Å². The number of nitrogens with zero attached hydrogens (tertiary/aromatic N) is 2. The van der Waals surface area contributed by atoms with Crippen LogP contribution in [0.1, 0.15) is 19.8 Å². The van der Waals surface area contributed by atoms with E-state index >= 15 is 0 Å². The van der Waals surface area contributed by atoms with Gasteiger partial charge < -0.3 is 15.2 Å². The molecule has 1 aromatic heterocycles. The molecule has 0 fully saturated rings. The first kappa shape index (κ1) is 11.6. The Bertz CT molecular complexity index is 271. The first-order valence-corrected chi connectivity index (χ1v) is 5.30. The minimum atomic E-state index is -0.0939. The summed E-state index contributed by atoms with van der Waals surface area (Å²) in [6.07, 6.45) is 7.44. The highest BCUT2D eigenvalue weighted by molar-refractivity contribution is 5.73. The van der Waals surface area contributed by atoms with E-state index in [4.69, 9.17) is 0 Å². The van der Waals surface area contributed by atoms with Crippen LogP contribution in [0.3, 0.4) is 0 Å². The average molecular weight is 210 g/mol. The van der Waals surface area contributed by atoms with E-state index in [-0.39, 0.29) is 6.03 Å². The second-order valence-electron chi connectivity index (χ2n) is 3.34. The molecule has 0 aliphatic rings. The van der Waals surface area contributed by atoms with Gasteiger partial charge in [0.15, 0.2) is 0 Å². The highest BCUT2D eigenvalue weighted by atomic mass is 16.2. The van der Waals surface area contributed by atoms with E-state index in [1.807, 2.05) is 10.8 Å². The van der Waals surface area contributed by atoms with Gasteiger partial charge in [-0.1, -0.05) is 13.3 Å². The van der Waals surface area contributed by atoms with Crippen LogP contribution in [0.25, 0.3) is 0 Å². The first-order chi connectivity index (χ1) is 7.33. The molecule has 1 heterocycles. The van der Waals surface area contributed by atoms with Crippen molar-refractivity contribution in [1.82, 2.24) is 20.2 Å². The summed E-state index contributed by atoms with van der Waals surface area (Å²) in [7, 11) is 0. The Labute approximate surface area is 89.9 Å². The van der Waals surface area contributed by atoms with Crippen molar-refractivity contribution >= 4 is 6.03 Å². The van der Waals surface area contributed by atoms with Gasteiger partial charge in [-0.3, -0.25) is 0 Å². The minimum Gasteiger partial charge on any atom is -0.338 e. The zero-order valence-corrected chi connectivity index (χ0v) is 9.07. The first-order valence-electron chi connectivity index (χ1n) is 5.30. The van der Waals surface area contributed by atoms with E-state index in [1.54, 1.807) is 12.5 Å². The van der Waals surface area contributed by atoms with Crippen LogP contribution in [-0.4, -0.2) is 28.7 Å². The number of nitrogens with one attached hydrogen (secondary N) is 2. The molecule has 1 rings (SSSR count). The molecule has 0 aliphatic heterocycles. The molecular formula is C10H18N4O. The van der Waals surface area contributed by atoms with Crippen LogP contribution in [0.2, 0.25) is 0 Å². The van der Waals surface area contributed by atoms with Gasteiger partial charge in [0, 0.05) is 32.0 Å².